The lowest BCUT2D eigenvalue weighted by Crippen LogP contribution is -2.34. The van der Waals surface area contributed by atoms with Crippen LogP contribution in [0.25, 0.3) is 11.5 Å². The monoisotopic (exact) mass is 332 g/mol. The predicted molar refractivity (Wildman–Crippen MR) is 90.2 cm³/mol. The summed E-state index contributed by atoms with van der Waals surface area (Å²) >= 11 is 1.55. The van der Waals surface area contributed by atoms with Gasteiger partial charge in [0.15, 0.2) is 5.82 Å². The second-order valence-electron chi connectivity index (χ2n) is 5.88. The van der Waals surface area contributed by atoms with Gasteiger partial charge in [-0.2, -0.15) is 4.98 Å². The number of rotatable bonds is 4. The molecule has 3 N–H and O–H groups in total. The van der Waals surface area contributed by atoms with Gasteiger partial charge in [-0.15, -0.1) is 11.8 Å². The molecule has 0 saturated heterocycles. The summed E-state index contributed by atoms with van der Waals surface area (Å²) in [6.45, 7) is 1.49. The number of carbonyl (C=O) groups is 1. The Morgan fingerprint density at radius 2 is 2.13 bits per heavy atom. The normalized spacial score (nSPS) is 16.5. The van der Waals surface area contributed by atoms with Crippen LogP contribution >= 0.6 is 11.8 Å². The Labute approximate surface area is 139 Å². The fourth-order valence-corrected chi connectivity index (χ4v) is 3.47. The zero-order valence-electron chi connectivity index (χ0n) is 13.3. The zero-order valence-corrected chi connectivity index (χ0v) is 14.1. The minimum atomic E-state index is -0.458. The molecular weight excluding hydrogens is 312 g/mol. The van der Waals surface area contributed by atoms with Crippen LogP contribution in [0.3, 0.4) is 0 Å². The molecule has 3 rings (SSSR count). The number of aromatic nitrogens is 2. The molecule has 1 fully saturated rings. The van der Waals surface area contributed by atoms with E-state index in [4.69, 9.17) is 10.3 Å². The highest BCUT2D eigenvalue weighted by molar-refractivity contribution is 7.98. The van der Waals surface area contributed by atoms with Crippen LogP contribution in [0.2, 0.25) is 0 Å². The van der Waals surface area contributed by atoms with E-state index in [0.29, 0.717) is 11.7 Å². The van der Waals surface area contributed by atoms with Gasteiger partial charge in [0.05, 0.1) is 11.2 Å². The topological polar surface area (TPSA) is 94.0 Å². The van der Waals surface area contributed by atoms with Crippen LogP contribution in [-0.4, -0.2) is 22.3 Å². The summed E-state index contributed by atoms with van der Waals surface area (Å²) in [5.41, 5.74) is 7.51. The quantitative estimate of drug-likeness (QED) is 0.835. The van der Waals surface area contributed by atoms with E-state index < -0.39 is 5.54 Å². The first kappa shape index (κ1) is 16.0. The van der Waals surface area contributed by atoms with E-state index >= 15 is 0 Å². The molecule has 0 unspecified atom stereocenters. The van der Waals surface area contributed by atoms with Gasteiger partial charge >= 0.3 is 0 Å². The predicted octanol–water partition coefficient (Wildman–Crippen LogP) is 3.14. The molecule has 0 bridgehead atoms. The van der Waals surface area contributed by atoms with Gasteiger partial charge in [-0.3, -0.25) is 4.79 Å². The van der Waals surface area contributed by atoms with Gasteiger partial charge < -0.3 is 15.6 Å². The number of carbonyl (C=O) groups excluding carboxylic acids is 1. The molecule has 1 aliphatic carbocycles. The molecule has 6 nitrogen and oxygen atoms in total. The van der Waals surface area contributed by atoms with Crippen LogP contribution in [0.4, 0.5) is 5.69 Å². The van der Waals surface area contributed by atoms with E-state index in [0.717, 1.165) is 41.8 Å². The smallest absolute Gasteiger partial charge is 0.258 e. The Hall–Kier alpha value is -1.86. The van der Waals surface area contributed by atoms with Crippen molar-refractivity contribution in [2.24, 2.45) is 5.73 Å². The Morgan fingerprint density at radius 1 is 1.39 bits per heavy atom. The first-order valence-electron chi connectivity index (χ1n) is 7.61. The average molecular weight is 332 g/mol. The Balaban J connectivity index is 1.90. The van der Waals surface area contributed by atoms with Crippen LogP contribution in [0.1, 0.15) is 38.4 Å². The van der Waals surface area contributed by atoms with Gasteiger partial charge in [0.25, 0.3) is 5.89 Å². The second kappa shape index (κ2) is 6.33. The van der Waals surface area contributed by atoms with Crippen LogP contribution < -0.4 is 11.1 Å². The third-order valence-corrected chi connectivity index (χ3v) is 4.90. The number of nitrogens with zero attached hydrogens (tertiary/aromatic N) is 2. The summed E-state index contributed by atoms with van der Waals surface area (Å²) in [7, 11) is 0. The van der Waals surface area contributed by atoms with Crippen LogP contribution in [0, 0.1) is 0 Å². The minimum Gasteiger partial charge on any atom is -0.334 e. The van der Waals surface area contributed by atoms with E-state index in [1.165, 1.54) is 6.92 Å². The number of hydrogen-bond acceptors (Lipinski definition) is 6. The van der Waals surface area contributed by atoms with E-state index in [1.54, 1.807) is 11.8 Å². The van der Waals surface area contributed by atoms with Crippen LogP contribution in [-0.2, 0) is 10.3 Å². The van der Waals surface area contributed by atoms with Crippen molar-refractivity contribution in [1.29, 1.82) is 0 Å². The number of nitrogens with one attached hydrogen (secondary N) is 1. The van der Waals surface area contributed by atoms with E-state index in [1.807, 2.05) is 24.5 Å². The van der Waals surface area contributed by atoms with Crippen molar-refractivity contribution in [1.82, 2.24) is 10.1 Å². The van der Waals surface area contributed by atoms with E-state index in [2.05, 4.69) is 15.5 Å². The highest BCUT2D eigenvalue weighted by atomic mass is 32.2. The first-order chi connectivity index (χ1) is 11.0. The van der Waals surface area contributed by atoms with Crippen molar-refractivity contribution < 1.29 is 9.32 Å². The lowest BCUT2D eigenvalue weighted by molar-refractivity contribution is -0.114. The van der Waals surface area contributed by atoms with E-state index in [9.17, 15) is 4.79 Å². The molecule has 1 saturated carbocycles. The fraction of sp³-hybridized carbons (Fsp3) is 0.438. The molecule has 2 aromatic rings. The largest absolute Gasteiger partial charge is 0.334 e. The highest BCUT2D eigenvalue weighted by Gasteiger charge is 2.36. The Morgan fingerprint density at radius 3 is 2.78 bits per heavy atom. The maximum Gasteiger partial charge on any atom is 0.258 e. The minimum absolute atomic E-state index is 0.0977. The molecule has 0 aliphatic heterocycles. The van der Waals surface area contributed by atoms with Gasteiger partial charge in [-0.1, -0.05) is 18.0 Å². The molecule has 0 atom stereocenters. The molecule has 122 valence electrons. The molecule has 0 spiro atoms. The lowest BCUT2D eigenvalue weighted by atomic mass is 9.99. The van der Waals surface area contributed by atoms with Crippen molar-refractivity contribution in [2.45, 2.75) is 43.0 Å². The summed E-state index contributed by atoms with van der Waals surface area (Å²) < 4.78 is 5.41. The Bertz CT molecular complexity index is 723. The lowest BCUT2D eigenvalue weighted by Gasteiger charge is -2.17. The van der Waals surface area contributed by atoms with Gasteiger partial charge in [-0.05, 0) is 37.3 Å². The SMILES string of the molecule is CSc1cc(-c2nc(C3(N)CCCC3)no2)ccc1NC(C)=O. The molecule has 1 aromatic carbocycles. The fourth-order valence-electron chi connectivity index (χ4n) is 2.89. The third-order valence-electron chi connectivity index (χ3n) is 4.13. The summed E-state index contributed by atoms with van der Waals surface area (Å²) in [5, 5.41) is 6.90. The van der Waals surface area contributed by atoms with Crippen LogP contribution in [0.5, 0.6) is 0 Å². The summed E-state index contributed by atoms with van der Waals surface area (Å²) in [6, 6.07) is 5.64. The van der Waals surface area contributed by atoms with Crippen molar-refractivity contribution in [3.63, 3.8) is 0 Å². The maximum atomic E-state index is 11.2. The van der Waals surface area contributed by atoms with Crippen molar-refractivity contribution >= 4 is 23.4 Å². The van der Waals surface area contributed by atoms with E-state index in [-0.39, 0.29) is 5.91 Å². The molecule has 7 heteroatoms. The molecule has 1 heterocycles. The second-order valence-corrected chi connectivity index (χ2v) is 6.73. The summed E-state index contributed by atoms with van der Waals surface area (Å²) in [4.78, 5) is 16.7. The first-order valence-corrected chi connectivity index (χ1v) is 8.83. The molecule has 1 aliphatic rings. The number of thioether (sulfide) groups is 1. The van der Waals surface area contributed by atoms with Gasteiger partial charge in [0, 0.05) is 17.4 Å². The molecule has 1 amide bonds. The molecule has 0 radical (unpaired) electrons. The van der Waals surface area contributed by atoms with Gasteiger partial charge in [0.1, 0.15) is 0 Å². The number of anilines is 1. The third kappa shape index (κ3) is 3.25. The molecular formula is C16H20N4O2S. The number of hydrogen-bond donors (Lipinski definition) is 2. The van der Waals surface area contributed by atoms with Crippen molar-refractivity contribution in [3.05, 3.63) is 24.0 Å². The summed E-state index contributed by atoms with van der Waals surface area (Å²) in [6.07, 6.45) is 5.94. The average Bonchev–Trinajstić information content (AvgIpc) is 3.17. The number of amides is 1. The van der Waals surface area contributed by atoms with Crippen molar-refractivity contribution in [3.8, 4) is 11.5 Å². The highest BCUT2D eigenvalue weighted by Crippen LogP contribution is 2.36. The number of nitrogens with two attached hydrogens (primary N) is 1. The van der Waals surface area contributed by atoms with Gasteiger partial charge in [-0.25, -0.2) is 0 Å². The number of benzene rings is 1. The Kier molecular flexibility index (Phi) is 4.41. The maximum absolute atomic E-state index is 11.2. The molecule has 23 heavy (non-hydrogen) atoms. The molecule has 1 aromatic heterocycles. The summed E-state index contributed by atoms with van der Waals surface area (Å²) in [5.74, 6) is 0.947. The van der Waals surface area contributed by atoms with Gasteiger partial charge in [0.2, 0.25) is 5.91 Å². The van der Waals surface area contributed by atoms with Crippen LogP contribution in [0.15, 0.2) is 27.6 Å². The van der Waals surface area contributed by atoms with Crippen molar-refractivity contribution in [2.75, 3.05) is 11.6 Å². The standard InChI is InChI=1S/C16H20N4O2S/c1-10(21)18-12-6-5-11(9-13(12)23-2)14-19-15(20-22-14)16(17)7-3-4-8-16/h5-6,9H,3-4,7-8,17H2,1-2H3,(H,18,21). The zero-order chi connectivity index (χ0) is 16.4.